The van der Waals surface area contributed by atoms with Crippen LogP contribution in [0.1, 0.15) is 149 Å². The van der Waals surface area contributed by atoms with E-state index in [0.29, 0.717) is 19.3 Å². The van der Waals surface area contributed by atoms with Crippen LogP contribution in [0.2, 0.25) is 0 Å². The Morgan fingerprint density at radius 1 is 0.516 bits per heavy atom. The van der Waals surface area contributed by atoms with Crippen LogP contribution in [0, 0.1) is 0 Å². The van der Waals surface area contributed by atoms with Gasteiger partial charge in [-0.15, -0.1) is 0 Å². The molecule has 16 heteroatoms. The zero-order valence-corrected chi connectivity index (χ0v) is 39.1. The minimum atomic E-state index is -4.88. The minimum absolute atomic E-state index is 0.0814. The molecule has 0 aliphatic rings. The van der Waals surface area contributed by atoms with Gasteiger partial charge in [0.1, 0.15) is 12.7 Å². The van der Waals surface area contributed by atoms with Gasteiger partial charge in [0.05, 0.1) is 25.9 Å². The molecular weight excluding hydrogens is 838 g/mol. The quantitative estimate of drug-likeness (QED) is 0.0167. The summed E-state index contributed by atoms with van der Waals surface area (Å²) in [7, 11) is -9.72. The summed E-state index contributed by atoms with van der Waals surface area (Å²) in [6.07, 6.45) is 43.4. The molecule has 356 valence electrons. The van der Waals surface area contributed by atoms with E-state index in [1.807, 2.05) is 24.3 Å². The maximum absolute atomic E-state index is 12.7. The summed E-state index contributed by atoms with van der Waals surface area (Å²) in [6.45, 7) is 1.47. The molecule has 1 unspecified atom stereocenters. The van der Waals surface area contributed by atoms with Crippen molar-refractivity contribution in [1.29, 1.82) is 0 Å². The smallest absolute Gasteiger partial charge is 0.462 e. The highest BCUT2D eigenvalue weighted by Gasteiger charge is 2.28. The molecule has 0 saturated heterocycles. The highest BCUT2D eigenvalue weighted by Crippen LogP contribution is 2.43. The molecule has 62 heavy (non-hydrogen) atoms. The maximum Gasteiger partial charge on any atom is 0.472 e. The fourth-order valence-corrected chi connectivity index (χ4v) is 6.52. The van der Waals surface area contributed by atoms with Crippen LogP contribution >= 0.6 is 15.6 Å². The summed E-state index contributed by atoms with van der Waals surface area (Å²) in [5.74, 6) is -1.15. The van der Waals surface area contributed by atoms with Crippen molar-refractivity contribution in [2.24, 2.45) is 0 Å². The molecule has 0 bridgehead atoms. The summed E-state index contributed by atoms with van der Waals surface area (Å²) < 4.78 is 47.7. The number of carbonyl (C=O) groups excluding carboxylic acids is 2. The van der Waals surface area contributed by atoms with Gasteiger partial charge in [-0.1, -0.05) is 137 Å². The summed E-state index contributed by atoms with van der Waals surface area (Å²) in [5, 5.41) is 19.6. The fraction of sp³-hybridized carbons (Fsp3) is 0.652. The van der Waals surface area contributed by atoms with Crippen molar-refractivity contribution in [3.8, 4) is 0 Å². The summed E-state index contributed by atoms with van der Waals surface area (Å²) >= 11 is 0. The van der Waals surface area contributed by atoms with E-state index in [1.165, 1.54) is 19.3 Å². The van der Waals surface area contributed by atoms with E-state index < -0.39 is 66.2 Å². The Labute approximate surface area is 371 Å². The van der Waals surface area contributed by atoms with Gasteiger partial charge in [-0.3, -0.25) is 23.2 Å². The first-order valence-corrected chi connectivity index (χ1v) is 25.4. The average Bonchev–Trinajstić information content (AvgIpc) is 3.23. The highest BCUT2D eigenvalue weighted by atomic mass is 31.2. The molecule has 4 atom stereocenters. The number of phosphoric ester groups is 2. The lowest BCUT2D eigenvalue weighted by molar-refractivity contribution is -0.161. The number of esters is 2. The summed E-state index contributed by atoms with van der Waals surface area (Å²) in [4.78, 5) is 52.7. The Morgan fingerprint density at radius 2 is 0.984 bits per heavy atom. The van der Waals surface area contributed by atoms with Gasteiger partial charge in [-0.2, -0.15) is 0 Å². The molecule has 0 aromatic rings. The first-order valence-electron chi connectivity index (χ1n) is 22.4. The molecule has 14 nitrogen and oxygen atoms in total. The van der Waals surface area contributed by atoms with Crippen molar-refractivity contribution >= 4 is 27.6 Å². The number of carbonyl (C=O) groups is 2. The molecule has 0 fully saturated rings. The lowest BCUT2D eigenvalue weighted by atomic mass is 10.1. The molecule has 0 aliphatic carbocycles. The van der Waals surface area contributed by atoms with Crippen LogP contribution in [0.25, 0.3) is 0 Å². The lowest BCUT2D eigenvalue weighted by Gasteiger charge is -2.20. The summed E-state index contributed by atoms with van der Waals surface area (Å²) in [5.41, 5.74) is 0. The number of hydrogen-bond donors (Lipinski definition) is 5. The van der Waals surface area contributed by atoms with Crippen LogP contribution in [0.3, 0.4) is 0 Å². The molecule has 0 radical (unpaired) electrons. The Balaban J connectivity index is 4.68. The van der Waals surface area contributed by atoms with E-state index in [2.05, 4.69) is 83.7 Å². The molecule has 0 aromatic carbocycles. The average molecular weight is 917 g/mol. The second-order valence-corrected chi connectivity index (χ2v) is 17.5. The van der Waals surface area contributed by atoms with Gasteiger partial charge in [-0.05, 0) is 83.5 Å². The van der Waals surface area contributed by atoms with Gasteiger partial charge >= 0.3 is 27.6 Å². The number of aliphatic hydroxyl groups is 2. The molecule has 0 saturated carbocycles. The number of ether oxygens (including phenoxy) is 2. The number of allylic oxidation sites excluding steroid dienone is 13. The number of unbranched alkanes of at least 4 members (excludes halogenated alkanes) is 9. The Bertz CT molecular complexity index is 1430. The third kappa shape index (κ3) is 43.9. The topological polar surface area (TPSA) is 216 Å². The van der Waals surface area contributed by atoms with Crippen LogP contribution in [0.4, 0.5) is 0 Å². The maximum atomic E-state index is 12.7. The molecule has 0 aromatic heterocycles. The van der Waals surface area contributed by atoms with Crippen LogP contribution < -0.4 is 0 Å². The Hall–Kier alpha value is -2.74. The van der Waals surface area contributed by atoms with Crippen molar-refractivity contribution in [3.05, 3.63) is 85.1 Å². The fourth-order valence-electron chi connectivity index (χ4n) is 5.36. The first-order chi connectivity index (χ1) is 29.8. The molecule has 0 spiro atoms. The zero-order valence-electron chi connectivity index (χ0n) is 37.3. The molecule has 5 N–H and O–H groups in total. The predicted molar refractivity (Wildman–Crippen MR) is 245 cm³/mol. The Morgan fingerprint density at radius 3 is 1.55 bits per heavy atom. The predicted octanol–water partition coefficient (Wildman–Crippen LogP) is 10.5. The van der Waals surface area contributed by atoms with E-state index in [1.54, 1.807) is 0 Å². The molecule has 0 aliphatic heterocycles. The normalized spacial score (nSPS) is 15.3. The number of phosphoric acid groups is 2. The second kappa shape index (κ2) is 41.0. The summed E-state index contributed by atoms with van der Waals surface area (Å²) in [6, 6.07) is 0. The first kappa shape index (κ1) is 59.3. The minimum Gasteiger partial charge on any atom is -0.462 e. The van der Waals surface area contributed by atoms with E-state index >= 15 is 0 Å². The van der Waals surface area contributed by atoms with E-state index in [4.69, 9.17) is 23.8 Å². The van der Waals surface area contributed by atoms with Crippen molar-refractivity contribution in [2.75, 3.05) is 26.4 Å². The standard InChI is InChI=1S/C46H78O14P2/c1-3-5-7-8-9-10-11-12-13-14-15-16-21-24-27-30-33-37-46(50)60-44(41-59-62(54,55)58-39-43(48)38-57-61(51,52)53)40-56-45(49)36-32-29-26-23-20-18-17-19-22-25-28-31-35-42(47)34-6-4-2/h9-10,12-13,15-18,22-23,25-26,31,35,42-44,47-48H,3-8,11,14,19-21,24,27-30,32-34,36-41H2,1-2H3,(H,54,55)(H2,51,52,53)/b10-9-,13-12-,16-15-,18-17-,25-22-,26-23-,35-31-/t42-,43-,44+/m0/s1. The zero-order chi connectivity index (χ0) is 46.0. The van der Waals surface area contributed by atoms with Gasteiger partial charge in [-0.25, -0.2) is 9.13 Å². The molecular formula is C46H78O14P2. The third-order valence-corrected chi connectivity index (χ3v) is 10.3. The van der Waals surface area contributed by atoms with E-state index in [0.717, 1.165) is 83.5 Å². The largest absolute Gasteiger partial charge is 0.472 e. The van der Waals surface area contributed by atoms with Crippen LogP contribution in [-0.2, 0) is 41.8 Å². The van der Waals surface area contributed by atoms with Gasteiger partial charge in [0, 0.05) is 12.8 Å². The monoisotopic (exact) mass is 916 g/mol. The van der Waals surface area contributed by atoms with Crippen molar-refractivity contribution in [3.63, 3.8) is 0 Å². The molecule has 0 rings (SSSR count). The van der Waals surface area contributed by atoms with E-state index in [-0.39, 0.29) is 18.9 Å². The number of aliphatic hydroxyl groups excluding tert-OH is 2. The van der Waals surface area contributed by atoms with Gasteiger partial charge in [0.2, 0.25) is 0 Å². The van der Waals surface area contributed by atoms with Crippen molar-refractivity contribution in [2.45, 2.75) is 167 Å². The van der Waals surface area contributed by atoms with Crippen molar-refractivity contribution in [1.82, 2.24) is 0 Å². The van der Waals surface area contributed by atoms with Crippen LogP contribution in [0.5, 0.6) is 0 Å². The van der Waals surface area contributed by atoms with Gasteiger partial charge in [0.15, 0.2) is 6.10 Å². The highest BCUT2D eigenvalue weighted by molar-refractivity contribution is 7.47. The van der Waals surface area contributed by atoms with Crippen LogP contribution in [-0.4, -0.2) is 81.6 Å². The molecule has 0 amide bonds. The number of rotatable bonds is 41. The van der Waals surface area contributed by atoms with Crippen molar-refractivity contribution < 1.29 is 66.7 Å². The van der Waals surface area contributed by atoms with Crippen LogP contribution in [0.15, 0.2) is 85.1 Å². The van der Waals surface area contributed by atoms with Gasteiger partial charge in [0.25, 0.3) is 0 Å². The van der Waals surface area contributed by atoms with Gasteiger partial charge < -0.3 is 34.4 Å². The van der Waals surface area contributed by atoms with E-state index in [9.17, 15) is 33.8 Å². The second-order valence-electron chi connectivity index (χ2n) is 14.8. The molecule has 0 heterocycles. The third-order valence-electron chi connectivity index (χ3n) is 8.82. The lowest BCUT2D eigenvalue weighted by Crippen LogP contribution is -2.30. The Kier molecular flexibility index (Phi) is 39.2. The SMILES string of the molecule is CCCCC/C=C\C/C=C\C/C=C\CCCCCCC(=O)O[C@H](COC(=O)CCC/C=C\C/C=C\C/C=C\C/C=C\[C@@H](O)CCCC)COP(=O)(O)OC[C@@H](O)COP(=O)(O)O. The number of hydrogen-bond acceptors (Lipinski definition) is 11.